The van der Waals surface area contributed by atoms with E-state index >= 15 is 0 Å². The molecule has 0 spiro atoms. The third-order valence-corrected chi connectivity index (χ3v) is 2.77. The lowest BCUT2D eigenvalue weighted by atomic mass is 10.2. The third kappa shape index (κ3) is 1.82. The van der Waals surface area contributed by atoms with Crippen LogP contribution in [0, 0.1) is 6.92 Å². The Hall–Kier alpha value is -1.51. The quantitative estimate of drug-likeness (QED) is 0.702. The van der Waals surface area contributed by atoms with Gasteiger partial charge in [0.15, 0.2) is 0 Å². The van der Waals surface area contributed by atoms with Crippen molar-refractivity contribution in [3.05, 3.63) is 23.8 Å². The minimum Gasteiger partial charge on any atom is -0.380 e. The highest BCUT2D eigenvalue weighted by Gasteiger charge is 2.22. The van der Waals surface area contributed by atoms with Crippen LogP contribution in [0.3, 0.4) is 0 Å². The van der Waals surface area contributed by atoms with Gasteiger partial charge in [0.25, 0.3) is 0 Å². The topological polar surface area (TPSA) is 32.3 Å². The predicted octanol–water partition coefficient (Wildman–Crippen LogP) is 2.16. The standard InChI is InChI=1S/C12H16N2O/c1-8-4-5-11-10(6-8)13-9(2)7-12(15)14(11)3/h4-6,9,13H,7H2,1-3H3. The zero-order valence-corrected chi connectivity index (χ0v) is 9.37. The van der Waals surface area contributed by atoms with Crippen molar-refractivity contribution < 1.29 is 4.79 Å². The number of nitrogens with one attached hydrogen (secondary N) is 1. The van der Waals surface area contributed by atoms with E-state index in [4.69, 9.17) is 0 Å². The van der Waals surface area contributed by atoms with Crippen molar-refractivity contribution in [3.8, 4) is 0 Å². The highest BCUT2D eigenvalue weighted by Crippen LogP contribution is 2.30. The number of nitrogens with zero attached hydrogens (tertiary/aromatic N) is 1. The van der Waals surface area contributed by atoms with Crippen LogP contribution in [0.2, 0.25) is 0 Å². The first kappa shape index (κ1) is 10.0. The number of anilines is 2. The Balaban J connectivity index is 2.49. The first-order chi connectivity index (χ1) is 7.08. The van der Waals surface area contributed by atoms with Crippen molar-refractivity contribution in [1.82, 2.24) is 0 Å². The predicted molar refractivity (Wildman–Crippen MR) is 62.3 cm³/mol. The minimum atomic E-state index is 0.164. The highest BCUT2D eigenvalue weighted by molar-refractivity contribution is 5.98. The minimum absolute atomic E-state index is 0.164. The smallest absolute Gasteiger partial charge is 0.228 e. The average molecular weight is 204 g/mol. The Bertz CT molecular complexity index is 401. The lowest BCUT2D eigenvalue weighted by molar-refractivity contribution is -0.118. The summed E-state index contributed by atoms with van der Waals surface area (Å²) in [5.41, 5.74) is 3.22. The monoisotopic (exact) mass is 204 g/mol. The Morgan fingerprint density at radius 3 is 2.93 bits per heavy atom. The zero-order chi connectivity index (χ0) is 11.0. The van der Waals surface area contributed by atoms with E-state index in [1.807, 2.05) is 26.1 Å². The van der Waals surface area contributed by atoms with Gasteiger partial charge in [0.05, 0.1) is 11.4 Å². The molecule has 0 radical (unpaired) electrons. The van der Waals surface area contributed by atoms with Gasteiger partial charge in [-0.25, -0.2) is 0 Å². The molecule has 0 aliphatic carbocycles. The van der Waals surface area contributed by atoms with Gasteiger partial charge in [0.2, 0.25) is 5.91 Å². The summed E-state index contributed by atoms with van der Waals surface area (Å²) in [6.07, 6.45) is 0.546. The summed E-state index contributed by atoms with van der Waals surface area (Å²) in [5, 5.41) is 3.36. The molecule has 0 fully saturated rings. The number of rotatable bonds is 0. The van der Waals surface area contributed by atoms with Gasteiger partial charge in [0, 0.05) is 19.5 Å². The number of fused-ring (bicyclic) bond motifs is 1. The lowest BCUT2D eigenvalue weighted by Crippen LogP contribution is -2.27. The summed E-state index contributed by atoms with van der Waals surface area (Å²) in [4.78, 5) is 13.5. The van der Waals surface area contributed by atoms with Crippen LogP contribution < -0.4 is 10.2 Å². The molecule has 3 heteroatoms. The van der Waals surface area contributed by atoms with Crippen LogP contribution in [0.25, 0.3) is 0 Å². The van der Waals surface area contributed by atoms with Crippen LogP contribution in [0.4, 0.5) is 11.4 Å². The van der Waals surface area contributed by atoms with E-state index < -0.39 is 0 Å². The number of hydrogen-bond donors (Lipinski definition) is 1. The lowest BCUT2D eigenvalue weighted by Gasteiger charge is -2.17. The first-order valence-electron chi connectivity index (χ1n) is 5.21. The van der Waals surface area contributed by atoms with E-state index in [1.165, 1.54) is 5.56 Å². The second kappa shape index (κ2) is 3.57. The molecular weight excluding hydrogens is 188 g/mol. The molecule has 80 valence electrons. The fourth-order valence-corrected chi connectivity index (χ4v) is 1.91. The second-order valence-corrected chi connectivity index (χ2v) is 4.22. The van der Waals surface area contributed by atoms with Gasteiger partial charge in [-0.3, -0.25) is 4.79 Å². The Labute approximate surface area is 90.1 Å². The molecule has 1 aliphatic rings. The van der Waals surface area contributed by atoms with Crippen molar-refractivity contribution in [2.24, 2.45) is 0 Å². The number of amides is 1. The summed E-state index contributed by atoms with van der Waals surface area (Å²) in [6.45, 7) is 4.09. The van der Waals surface area contributed by atoms with Crippen molar-refractivity contribution in [3.63, 3.8) is 0 Å². The normalized spacial score (nSPS) is 20.6. The molecule has 1 amide bonds. The number of benzene rings is 1. The van der Waals surface area contributed by atoms with Crippen LogP contribution in [0.1, 0.15) is 18.9 Å². The molecule has 1 aromatic rings. The van der Waals surface area contributed by atoms with Gasteiger partial charge >= 0.3 is 0 Å². The fraction of sp³-hybridized carbons (Fsp3) is 0.417. The van der Waals surface area contributed by atoms with E-state index in [-0.39, 0.29) is 11.9 Å². The number of hydrogen-bond acceptors (Lipinski definition) is 2. The van der Waals surface area contributed by atoms with Gasteiger partial charge in [0.1, 0.15) is 0 Å². The highest BCUT2D eigenvalue weighted by atomic mass is 16.2. The van der Waals surface area contributed by atoms with Gasteiger partial charge < -0.3 is 10.2 Å². The molecule has 15 heavy (non-hydrogen) atoms. The first-order valence-corrected chi connectivity index (χ1v) is 5.21. The van der Waals surface area contributed by atoms with Crippen LogP contribution in [-0.4, -0.2) is 19.0 Å². The van der Waals surface area contributed by atoms with Gasteiger partial charge in [-0.05, 0) is 31.5 Å². The van der Waals surface area contributed by atoms with Crippen molar-refractivity contribution >= 4 is 17.3 Å². The summed E-state index contributed by atoms with van der Waals surface area (Å²) >= 11 is 0. The molecule has 0 saturated heterocycles. The Morgan fingerprint density at radius 2 is 2.20 bits per heavy atom. The number of aryl methyl sites for hydroxylation is 1. The van der Waals surface area contributed by atoms with E-state index in [0.717, 1.165) is 11.4 Å². The van der Waals surface area contributed by atoms with E-state index in [9.17, 15) is 4.79 Å². The maximum Gasteiger partial charge on any atom is 0.228 e. The SMILES string of the molecule is Cc1ccc2c(c1)NC(C)CC(=O)N2C. The molecular formula is C12H16N2O. The maximum atomic E-state index is 11.8. The van der Waals surface area contributed by atoms with Gasteiger partial charge in [-0.1, -0.05) is 6.07 Å². The number of carbonyl (C=O) groups is 1. The molecule has 1 heterocycles. The molecule has 1 aliphatic heterocycles. The molecule has 0 saturated carbocycles. The molecule has 1 aromatic carbocycles. The van der Waals surface area contributed by atoms with Crippen molar-refractivity contribution in [2.45, 2.75) is 26.3 Å². The summed E-state index contributed by atoms with van der Waals surface area (Å²) < 4.78 is 0. The molecule has 2 rings (SSSR count). The summed E-state index contributed by atoms with van der Waals surface area (Å²) in [6, 6.07) is 6.30. The molecule has 1 atom stereocenters. The second-order valence-electron chi connectivity index (χ2n) is 4.22. The molecule has 0 bridgehead atoms. The van der Waals surface area contributed by atoms with E-state index in [2.05, 4.69) is 18.3 Å². The average Bonchev–Trinajstić information content (AvgIpc) is 2.25. The van der Waals surface area contributed by atoms with Crippen LogP contribution >= 0.6 is 0 Å². The van der Waals surface area contributed by atoms with Crippen LogP contribution in [0.5, 0.6) is 0 Å². The van der Waals surface area contributed by atoms with Gasteiger partial charge in [-0.15, -0.1) is 0 Å². The third-order valence-electron chi connectivity index (χ3n) is 2.77. The Kier molecular flexibility index (Phi) is 2.39. The molecule has 0 aromatic heterocycles. The largest absolute Gasteiger partial charge is 0.380 e. The van der Waals surface area contributed by atoms with Crippen molar-refractivity contribution in [1.29, 1.82) is 0 Å². The molecule has 1 N–H and O–H groups in total. The number of carbonyl (C=O) groups excluding carboxylic acids is 1. The van der Waals surface area contributed by atoms with Gasteiger partial charge in [-0.2, -0.15) is 0 Å². The summed E-state index contributed by atoms with van der Waals surface area (Å²) in [7, 11) is 1.83. The molecule has 1 unspecified atom stereocenters. The molecule has 3 nitrogen and oxygen atoms in total. The zero-order valence-electron chi connectivity index (χ0n) is 9.37. The van der Waals surface area contributed by atoms with Crippen LogP contribution in [0.15, 0.2) is 18.2 Å². The summed E-state index contributed by atoms with van der Waals surface area (Å²) in [5.74, 6) is 0.164. The van der Waals surface area contributed by atoms with E-state index in [1.54, 1.807) is 4.90 Å². The van der Waals surface area contributed by atoms with E-state index in [0.29, 0.717) is 6.42 Å². The maximum absolute atomic E-state index is 11.8. The van der Waals surface area contributed by atoms with Crippen molar-refractivity contribution in [2.75, 3.05) is 17.3 Å². The Morgan fingerprint density at radius 1 is 1.47 bits per heavy atom. The fourth-order valence-electron chi connectivity index (χ4n) is 1.91. The van der Waals surface area contributed by atoms with Crippen LogP contribution in [-0.2, 0) is 4.79 Å².